The Morgan fingerprint density at radius 3 is 2.31 bits per heavy atom. The van der Waals surface area contributed by atoms with Gasteiger partial charge in [0.1, 0.15) is 0 Å². The van der Waals surface area contributed by atoms with Crippen LogP contribution in [0.25, 0.3) is 11.3 Å². The number of benzene rings is 1. The molecule has 0 bridgehead atoms. The molecule has 1 N–H and O–H groups in total. The second kappa shape index (κ2) is 7.76. The van der Waals surface area contributed by atoms with Gasteiger partial charge in [-0.3, -0.25) is 9.97 Å². The van der Waals surface area contributed by atoms with Gasteiger partial charge in [0.25, 0.3) is 0 Å². The van der Waals surface area contributed by atoms with E-state index < -0.39 is 10.0 Å². The Bertz CT molecular complexity index is 969. The number of hydrogen-bond donors (Lipinski definition) is 1. The van der Waals surface area contributed by atoms with Crippen LogP contribution in [0.1, 0.15) is 30.9 Å². The maximum atomic E-state index is 12.6. The second-order valence-electron chi connectivity index (χ2n) is 6.30. The molecule has 0 aliphatic rings. The number of aromatic nitrogens is 2. The first kappa shape index (κ1) is 18.2. The highest BCUT2D eigenvalue weighted by Gasteiger charge is 2.15. The Morgan fingerprint density at radius 1 is 0.962 bits per heavy atom. The van der Waals surface area contributed by atoms with Gasteiger partial charge in [0.2, 0.25) is 10.0 Å². The highest BCUT2D eigenvalue weighted by molar-refractivity contribution is 7.89. The Balaban J connectivity index is 1.80. The highest BCUT2D eigenvalue weighted by atomic mass is 32.2. The lowest BCUT2D eigenvalue weighted by atomic mass is 10.0. The maximum absolute atomic E-state index is 12.6. The van der Waals surface area contributed by atoms with Gasteiger partial charge in [0.05, 0.1) is 10.6 Å². The van der Waals surface area contributed by atoms with Gasteiger partial charge in [0.15, 0.2) is 0 Å². The quantitative estimate of drug-likeness (QED) is 0.720. The molecule has 6 heteroatoms. The first-order valence-electron chi connectivity index (χ1n) is 8.41. The molecule has 0 spiro atoms. The Morgan fingerprint density at radius 2 is 1.65 bits per heavy atom. The summed E-state index contributed by atoms with van der Waals surface area (Å²) in [6.07, 6.45) is 5.07. The van der Waals surface area contributed by atoms with Crippen molar-refractivity contribution in [2.45, 2.75) is 31.2 Å². The van der Waals surface area contributed by atoms with E-state index in [0.717, 1.165) is 22.4 Å². The second-order valence-corrected chi connectivity index (χ2v) is 8.06. The fourth-order valence-corrected chi connectivity index (χ4v) is 3.65. The average molecular weight is 367 g/mol. The van der Waals surface area contributed by atoms with E-state index in [1.54, 1.807) is 36.8 Å². The van der Waals surface area contributed by atoms with Gasteiger partial charge in [-0.2, -0.15) is 0 Å². The molecular weight excluding hydrogens is 346 g/mol. The third kappa shape index (κ3) is 4.15. The smallest absolute Gasteiger partial charge is 0.240 e. The van der Waals surface area contributed by atoms with Gasteiger partial charge in [-0.05, 0) is 47.4 Å². The number of sulfonamides is 1. The van der Waals surface area contributed by atoms with Gasteiger partial charge >= 0.3 is 0 Å². The standard InChI is InChI=1S/C20H21N3O2S/c1-15(2)16-5-7-19(8-6-16)26(24,25)23-14-18-4-3-11-22-20(18)17-9-12-21-13-10-17/h3-13,15,23H,14H2,1-2H3. The SMILES string of the molecule is CC(C)c1ccc(S(=O)(=O)NCc2cccnc2-c2ccncc2)cc1. The van der Waals surface area contributed by atoms with Crippen LogP contribution in [0.4, 0.5) is 0 Å². The van der Waals surface area contributed by atoms with Crippen molar-refractivity contribution in [3.05, 3.63) is 78.2 Å². The van der Waals surface area contributed by atoms with Gasteiger partial charge in [-0.25, -0.2) is 13.1 Å². The molecule has 0 fully saturated rings. The van der Waals surface area contributed by atoms with E-state index in [2.05, 4.69) is 28.5 Å². The summed E-state index contributed by atoms with van der Waals surface area (Å²) in [5.41, 5.74) is 3.56. The predicted octanol–water partition coefficient (Wildman–Crippen LogP) is 3.75. The summed E-state index contributed by atoms with van der Waals surface area (Å²) in [4.78, 5) is 8.66. The van der Waals surface area contributed by atoms with Crippen LogP contribution in [0.3, 0.4) is 0 Å². The zero-order chi connectivity index (χ0) is 18.6. The average Bonchev–Trinajstić information content (AvgIpc) is 2.67. The minimum absolute atomic E-state index is 0.166. The van der Waals surface area contributed by atoms with E-state index >= 15 is 0 Å². The van der Waals surface area contributed by atoms with Crippen LogP contribution in [-0.2, 0) is 16.6 Å². The van der Waals surface area contributed by atoms with Crippen molar-refractivity contribution in [2.75, 3.05) is 0 Å². The topological polar surface area (TPSA) is 72.0 Å². The van der Waals surface area contributed by atoms with Gasteiger partial charge < -0.3 is 0 Å². The van der Waals surface area contributed by atoms with E-state index in [1.807, 2.05) is 30.3 Å². The van der Waals surface area contributed by atoms with E-state index in [4.69, 9.17) is 0 Å². The zero-order valence-electron chi connectivity index (χ0n) is 14.8. The van der Waals surface area contributed by atoms with E-state index in [-0.39, 0.29) is 11.4 Å². The fraction of sp³-hybridized carbons (Fsp3) is 0.200. The van der Waals surface area contributed by atoms with Crippen molar-refractivity contribution in [3.63, 3.8) is 0 Å². The minimum Gasteiger partial charge on any atom is -0.265 e. The minimum atomic E-state index is -3.59. The molecule has 0 aliphatic heterocycles. The van der Waals surface area contributed by atoms with Crippen molar-refractivity contribution in [3.8, 4) is 11.3 Å². The number of nitrogens with one attached hydrogen (secondary N) is 1. The molecule has 134 valence electrons. The molecule has 0 unspecified atom stereocenters. The summed E-state index contributed by atoms with van der Waals surface area (Å²) in [7, 11) is -3.59. The molecule has 2 aromatic heterocycles. The summed E-state index contributed by atoms with van der Waals surface area (Å²) in [6, 6.07) is 14.4. The van der Waals surface area contributed by atoms with Crippen molar-refractivity contribution in [2.24, 2.45) is 0 Å². The Kier molecular flexibility index (Phi) is 5.44. The molecular formula is C20H21N3O2S. The van der Waals surface area contributed by atoms with Crippen LogP contribution in [0.2, 0.25) is 0 Å². The van der Waals surface area contributed by atoms with Crippen molar-refractivity contribution in [1.29, 1.82) is 0 Å². The summed E-state index contributed by atoms with van der Waals surface area (Å²) >= 11 is 0. The normalized spacial score (nSPS) is 11.7. The van der Waals surface area contributed by atoms with Gasteiger partial charge in [-0.1, -0.05) is 32.0 Å². The summed E-state index contributed by atoms with van der Waals surface area (Å²) in [5.74, 6) is 0.359. The van der Waals surface area contributed by atoms with Crippen molar-refractivity contribution >= 4 is 10.0 Å². The first-order valence-corrected chi connectivity index (χ1v) is 9.89. The molecule has 0 saturated carbocycles. The summed E-state index contributed by atoms with van der Waals surface area (Å²) in [6.45, 7) is 4.31. The van der Waals surface area contributed by atoms with Gasteiger partial charge in [0, 0.05) is 30.7 Å². The fourth-order valence-electron chi connectivity index (χ4n) is 2.64. The van der Waals surface area contributed by atoms with Crippen LogP contribution >= 0.6 is 0 Å². The number of hydrogen-bond acceptors (Lipinski definition) is 4. The number of pyridine rings is 2. The third-order valence-electron chi connectivity index (χ3n) is 4.15. The van der Waals surface area contributed by atoms with Crippen LogP contribution in [0.5, 0.6) is 0 Å². The van der Waals surface area contributed by atoms with Gasteiger partial charge in [-0.15, -0.1) is 0 Å². The Labute approximate surface area is 154 Å². The molecule has 3 rings (SSSR count). The highest BCUT2D eigenvalue weighted by Crippen LogP contribution is 2.21. The van der Waals surface area contributed by atoms with Crippen LogP contribution in [0, 0.1) is 0 Å². The Hall–Kier alpha value is -2.57. The molecule has 26 heavy (non-hydrogen) atoms. The van der Waals surface area contributed by atoms with E-state index in [9.17, 15) is 8.42 Å². The molecule has 5 nitrogen and oxygen atoms in total. The summed E-state index contributed by atoms with van der Waals surface area (Å²) < 4.78 is 27.9. The zero-order valence-corrected chi connectivity index (χ0v) is 15.6. The van der Waals surface area contributed by atoms with Crippen molar-refractivity contribution in [1.82, 2.24) is 14.7 Å². The molecule has 0 saturated heterocycles. The lowest BCUT2D eigenvalue weighted by Gasteiger charge is -2.11. The van der Waals surface area contributed by atoms with Crippen LogP contribution < -0.4 is 4.72 Å². The molecule has 3 aromatic rings. The number of nitrogens with zero attached hydrogens (tertiary/aromatic N) is 2. The van der Waals surface area contributed by atoms with E-state index in [0.29, 0.717) is 5.92 Å². The molecule has 0 aliphatic carbocycles. The lowest BCUT2D eigenvalue weighted by Crippen LogP contribution is -2.23. The largest absolute Gasteiger partial charge is 0.265 e. The maximum Gasteiger partial charge on any atom is 0.240 e. The van der Waals surface area contributed by atoms with Crippen LogP contribution in [-0.4, -0.2) is 18.4 Å². The molecule has 0 radical (unpaired) electrons. The summed E-state index contributed by atoms with van der Waals surface area (Å²) in [5, 5.41) is 0. The van der Waals surface area contributed by atoms with Crippen LogP contribution in [0.15, 0.2) is 72.0 Å². The van der Waals surface area contributed by atoms with Crippen molar-refractivity contribution < 1.29 is 8.42 Å². The lowest BCUT2D eigenvalue weighted by molar-refractivity contribution is 0.581. The molecule has 2 heterocycles. The monoisotopic (exact) mass is 367 g/mol. The molecule has 1 aromatic carbocycles. The number of rotatable bonds is 6. The molecule has 0 amide bonds. The third-order valence-corrected chi connectivity index (χ3v) is 5.57. The predicted molar refractivity (Wildman–Crippen MR) is 102 cm³/mol. The first-order chi connectivity index (χ1) is 12.5. The van der Waals surface area contributed by atoms with E-state index in [1.165, 1.54) is 0 Å². The molecule has 0 atom stereocenters.